The molecule has 13 aromatic rings. The third-order valence-electron chi connectivity index (χ3n) is 16.5. The van der Waals surface area contributed by atoms with Gasteiger partial charge in [0.2, 0.25) is 0 Å². The molecule has 0 amide bonds. The highest BCUT2D eigenvalue weighted by molar-refractivity contribution is 7.90. The summed E-state index contributed by atoms with van der Waals surface area (Å²) in [6.45, 7) is 3.68. The number of rotatable bonds is 8. The molecule has 0 unspecified atom stereocenters. The molecule has 0 atom stereocenters. The second kappa shape index (κ2) is 21.1. The molecule has 17 rings (SSSR count). The molecule has 0 spiro atoms. The second-order valence-electron chi connectivity index (χ2n) is 21.5. The van der Waals surface area contributed by atoms with Crippen LogP contribution in [0.4, 0.5) is 0 Å². The molecule has 1 fully saturated rings. The highest BCUT2D eigenvalue weighted by Crippen LogP contribution is 2.58. The van der Waals surface area contributed by atoms with Crippen molar-refractivity contribution in [3.05, 3.63) is 217 Å². The van der Waals surface area contributed by atoms with Crippen LogP contribution < -0.4 is 28.4 Å². The van der Waals surface area contributed by atoms with E-state index in [1.807, 2.05) is 48.5 Å². The largest absolute Gasteiger partial charge is 0.486 e. The summed E-state index contributed by atoms with van der Waals surface area (Å²) < 4.78 is 52.2. The van der Waals surface area contributed by atoms with E-state index in [1.54, 1.807) is 34.0 Å². The molecule has 86 heavy (non-hydrogen) atoms. The van der Waals surface area contributed by atoms with Gasteiger partial charge in [0.25, 0.3) is 0 Å². The van der Waals surface area contributed by atoms with E-state index in [1.165, 1.54) is 0 Å². The third kappa shape index (κ3) is 8.52. The molecule has 4 aliphatic rings. The number of benzene rings is 10. The minimum absolute atomic E-state index is 0.415. The van der Waals surface area contributed by atoms with Gasteiger partial charge in [0.15, 0.2) is 46.0 Å². The summed E-state index contributed by atoms with van der Waals surface area (Å²) in [5.41, 5.74) is 8.30. The highest BCUT2D eigenvalue weighted by atomic mass is 32.1. The lowest BCUT2D eigenvalue weighted by atomic mass is 9.85. The van der Waals surface area contributed by atoms with Gasteiger partial charge in [0.1, 0.15) is 52.9 Å². The number of thiophene rings is 3. The van der Waals surface area contributed by atoms with Gasteiger partial charge in [-0.25, -0.2) is 0 Å². The van der Waals surface area contributed by atoms with E-state index in [4.69, 9.17) is 50.5 Å². The number of hydrogen-bond donors (Lipinski definition) is 1. The first kappa shape index (κ1) is 51.3. The summed E-state index contributed by atoms with van der Waals surface area (Å²) in [6, 6.07) is 69.2. The molecule has 0 bridgehead atoms. The molecular formula is C74H50O8S4. The Balaban J connectivity index is 0.985. The third-order valence-corrected chi connectivity index (χ3v) is 20.7. The van der Waals surface area contributed by atoms with E-state index in [0.717, 1.165) is 162 Å². The zero-order chi connectivity index (χ0) is 56.8. The molecule has 0 radical (unpaired) electrons. The fourth-order valence-electron chi connectivity index (χ4n) is 12.7. The first-order valence-corrected chi connectivity index (χ1v) is 31.7. The summed E-state index contributed by atoms with van der Waals surface area (Å²) >= 11 is 10.2. The van der Waals surface area contributed by atoms with Crippen LogP contribution in [0, 0.1) is 0 Å². The summed E-state index contributed by atoms with van der Waals surface area (Å²) in [4.78, 5) is 6.93. The first-order chi connectivity index (χ1) is 42.6. The van der Waals surface area contributed by atoms with Crippen molar-refractivity contribution >= 4 is 111 Å². The molecule has 0 aliphatic carbocycles. The van der Waals surface area contributed by atoms with Crippen molar-refractivity contribution in [2.75, 3.05) is 52.9 Å². The SMILES string of the molecule is S/C(=C1/OCCO/C1=C\c1ccc2c3ccc(-c4sc(-c5ccccc5)c5c4OCCO5)cc3c3c4cc(-c5sc(-c6ccccc6)c6c5OCCO6)ccc4c4ccc(-c5sc(-c6ccccc6)c6c5OCCO6)cc4c3c2c1)c1ccccc1. The van der Waals surface area contributed by atoms with Crippen LogP contribution in [0.3, 0.4) is 0 Å². The smallest absolute Gasteiger partial charge is 0.180 e. The molecule has 0 N–H and O–H groups in total. The minimum Gasteiger partial charge on any atom is -0.486 e. The molecule has 10 aromatic carbocycles. The van der Waals surface area contributed by atoms with Crippen LogP contribution in [0.15, 0.2) is 206 Å². The molecule has 1 saturated heterocycles. The Morgan fingerprint density at radius 3 is 1.00 bits per heavy atom. The van der Waals surface area contributed by atoms with Crippen LogP contribution in [0.1, 0.15) is 11.1 Å². The van der Waals surface area contributed by atoms with E-state index >= 15 is 0 Å². The molecule has 12 heteroatoms. The Kier molecular flexibility index (Phi) is 12.6. The Bertz CT molecular complexity index is 4830. The van der Waals surface area contributed by atoms with Crippen molar-refractivity contribution in [2.45, 2.75) is 0 Å². The molecule has 3 aromatic heterocycles. The van der Waals surface area contributed by atoms with Crippen molar-refractivity contribution in [1.82, 2.24) is 0 Å². The van der Waals surface area contributed by atoms with Crippen LogP contribution in [0.5, 0.6) is 34.5 Å². The Morgan fingerprint density at radius 1 is 0.302 bits per heavy atom. The van der Waals surface area contributed by atoms with Crippen molar-refractivity contribution in [2.24, 2.45) is 0 Å². The second-order valence-corrected chi connectivity index (χ2v) is 25.0. The van der Waals surface area contributed by atoms with Gasteiger partial charge in [-0.1, -0.05) is 170 Å². The summed E-state index contributed by atoms with van der Waals surface area (Å²) in [7, 11) is 0. The molecule has 8 nitrogen and oxygen atoms in total. The van der Waals surface area contributed by atoms with E-state index < -0.39 is 0 Å². The van der Waals surface area contributed by atoms with Crippen LogP contribution in [-0.4, -0.2) is 52.9 Å². The van der Waals surface area contributed by atoms with Gasteiger partial charge in [-0.05, 0) is 129 Å². The van der Waals surface area contributed by atoms with Crippen LogP contribution >= 0.6 is 46.6 Å². The Hall–Kier alpha value is -9.17. The number of hydrogen-bond acceptors (Lipinski definition) is 12. The van der Waals surface area contributed by atoms with Gasteiger partial charge in [-0.15, -0.1) is 46.6 Å². The van der Waals surface area contributed by atoms with Gasteiger partial charge in [-0.3, -0.25) is 0 Å². The predicted octanol–water partition coefficient (Wildman–Crippen LogP) is 19.6. The topological polar surface area (TPSA) is 73.8 Å². The molecule has 7 heterocycles. The lowest BCUT2D eigenvalue weighted by Crippen LogP contribution is -2.14. The maximum atomic E-state index is 6.61. The lowest BCUT2D eigenvalue weighted by molar-refractivity contribution is 0.0632. The summed E-state index contributed by atoms with van der Waals surface area (Å²) in [5, 5.41) is 11.1. The molecule has 0 saturated carbocycles. The Labute approximate surface area is 512 Å². The van der Waals surface area contributed by atoms with Gasteiger partial charge >= 0.3 is 0 Å². The standard InChI is InChI=1S/C74H50O8S4/c83-68(43-13-5-1-6-14-43)61-58(75-29-30-76-61)38-42-21-25-50-51-26-22-48(73-66-63(78-32-35-81-66)70(85-73)45-17-9-3-10-18-45)40-56(51)60-57-41-49(74-67-64(79-33-36-82-67)71(86-74)46-19-11-4-12-20-46)24-28-53(57)52-27-23-47(39-55(52)59(60)54(50)37-42)72-65-62(77-31-34-80-65)69(84-72)44-15-7-2-8-16-44/h1-28,37-41,83H,29-36H2/b58-38-,68-61+. The monoisotopic (exact) mass is 1190 g/mol. The van der Waals surface area contributed by atoms with Crippen molar-refractivity contribution < 1.29 is 37.9 Å². The Morgan fingerprint density at radius 2 is 0.616 bits per heavy atom. The molecule has 418 valence electrons. The highest BCUT2D eigenvalue weighted by Gasteiger charge is 2.31. The van der Waals surface area contributed by atoms with E-state index in [-0.39, 0.29) is 0 Å². The zero-order valence-electron chi connectivity index (χ0n) is 46.1. The molecular weight excluding hydrogens is 1150 g/mol. The fourth-order valence-corrected chi connectivity index (χ4v) is 16.6. The van der Waals surface area contributed by atoms with Crippen molar-refractivity contribution in [3.8, 4) is 97.1 Å². The van der Waals surface area contributed by atoms with Gasteiger partial charge < -0.3 is 37.9 Å². The average molecular weight is 1200 g/mol. The van der Waals surface area contributed by atoms with Crippen molar-refractivity contribution in [1.29, 1.82) is 0 Å². The van der Waals surface area contributed by atoms with Gasteiger partial charge in [-0.2, -0.15) is 0 Å². The lowest BCUT2D eigenvalue weighted by Gasteiger charge is -2.23. The summed E-state index contributed by atoms with van der Waals surface area (Å²) in [5.74, 6) is 5.95. The fraction of sp³-hybridized carbons (Fsp3) is 0.108. The quantitative estimate of drug-likeness (QED) is 0.119. The van der Waals surface area contributed by atoms with E-state index in [9.17, 15) is 0 Å². The average Bonchev–Trinajstić information content (AvgIpc) is 1.04. The summed E-state index contributed by atoms with van der Waals surface area (Å²) in [6.07, 6.45) is 2.10. The van der Waals surface area contributed by atoms with Crippen LogP contribution in [-0.2, 0) is 9.47 Å². The van der Waals surface area contributed by atoms with Gasteiger partial charge in [0, 0.05) is 0 Å². The normalized spacial score (nSPS) is 15.6. The molecule has 4 aliphatic heterocycles. The van der Waals surface area contributed by atoms with Crippen molar-refractivity contribution in [3.63, 3.8) is 0 Å². The number of ether oxygens (including phenoxy) is 8. The number of fused-ring (bicyclic) bond motifs is 14. The zero-order valence-corrected chi connectivity index (χ0v) is 49.5. The van der Waals surface area contributed by atoms with E-state index in [0.29, 0.717) is 69.3 Å². The maximum Gasteiger partial charge on any atom is 0.180 e. The van der Waals surface area contributed by atoms with Crippen LogP contribution in [0.25, 0.3) is 127 Å². The maximum absolute atomic E-state index is 6.61. The van der Waals surface area contributed by atoms with Gasteiger partial charge in [0.05, 0.1) is 34.2 Å². The minimum atomic E-state index is 0.415. The van der Waals surface area contributed by atoms with Crippen LogP contribution in [0.2, 0.25) is 0 Å². The number of thiol groups is 1. The van der Waals surface area contributed by atoms with E-state index in [2.05, 4.69) is 152 Å². The first-order valence-electron chi connectivity index (χ1n) is 28.8. The predicted molar refractivity (Wildman–Crippen MR) is 355 cm³/mol.